The van der Waals surface area contributed by atoms with Crippen LogP contribution >= 0.6 is 23.1 Å². The first-order valence-corrected chi connectivity index (χ1v) is 6.40. The van der Waals surface area contributed by atoms with Gasteiger partial charge in [0.1, 0.15) is 0 Å². The lowest BCUT2D eigenvalue weighted by molar-refractivity contribution is -0.119. The molecule has 0 bridgehead atoms. The molecular weight excluding hydrogens is 246 g/mol. The quantitative estimate of drug-likeness (QED) is 0.805. The number of carbonyl (C=O) groups is 2. The van der Waals surface area contributed by atoms with Crippen LogP contribution in [0.2, 0.25) is 0 Å². The summed E-state index contributed by atoms with van der Waals surface area (Å²) < 4.78 is 0.831. The fourth-order valence-electron chi connectivity index (χ4n) is 0.867. The molecule has 0 aliphatic heterocycles. The highest BCUT2D eigenvalue weighted by molar-refractivity contribution is 8.02. The van der Waals surface area contributed by atoms with Crippen LogP contribution in [0.5, 0.6) is 0 Å². The lowest BCUT2D eigenvalue weighted by Crippen LogP contribution is -2.41. The van der Waals surface area contributed by atoms with Crippen molar-refractivity contribution >= 4 is 35.0 Å². The summed E-state index contributed by atoms with van der Waals surface area (Å²) in [6.07, 6.45) is 0. The highest BCUT2D eigenvalue weighted by Crippen LogP contribution is 2.26. The van der Waals surface area contributed by atoms with Crippen LogP contribution in [0.25, 0.3) is 0 Å². The van der Waals surface area contributed by atoms with Gasteiger partial charge in [0.15, 0.2) is 4.34 Å². The third-order valence-electron chi connectivity index (χ3n) is 1.71. The van der Waals surface area contributed by atoms with E-state index in [1.807, 2.05) is 12.3 Å². The maximum atomic E-state index is 11.5. The number of urea groups is 1. The van der Waals surface area contributed by atoms with Gasteiger partial charge in [0.25, 0.3) is 0 Å². The molecule has 1 unspecified atom stereocenters. The highest BCUT2D eigenvalue weighted by Gasteiger charge is 2.17. The van der Waals surface area contributed by atoms with E-state index in [4.69, 9.17) is 0 Å². The van der Waals surface area contributed by atoms with Crippen LogP contribution in [0, 0.1) is 6.92 Å². The van der Waals surface area contributed by atoms with Crippen LogP contribution in [-0.2, 0) is 4.79 Å². The summed E-state index contributed by atoms with van der Waals surface area (Å²) >= 11 is 2.83. The number of aromatic nitrogens is 1. The minimum absolute atomic E-state index is 0.322. The Bertz CT molecular complexity index is 392. The van der Waals surface area contributed by atoms with Gasteiger partial charge in [0.2, 0.25) is 5.91 Å². The standard InChI is InChI=1S/C9H13N3O2S2/c1-5-4-15-9(11-5)16-6(2)7(13)12-8(14)10-3/h4,6H,1-3H3,(H2,10,12,13,14). The van der Waals surface area contributed by atoms with Crippen molar-refractivity contribution in [2.45, 2.75) is 23.4 Å². The van der Waals surface area contributed by atoms with Gasteiger partial charge in [0, 0.05) is 18.1 Å². The molecule has 88 valence electrons. The first kappa shape index (κ1) is 13.0. The van der Waals surface area contributed by atoms with Gasteiger partial charge >= 0.3 is 6.03 Å². The van der Waals surface area contributed by atoms with E-state index in [0.717, 1.165) is 10.0 Å². The Morgan fingerprint density at radius 3 is 2.75 bits per heavy atom. The Morgan fingerprint density at radius 1 is 1.56 bits per heavy atom. The van der Waals surface area contributed by atoms with Crippen LogP contribution in [0.3, 0.4) is 0 Å². The number of amides is 3. The molecule has 2 N–H and O–H groups in total. The number of hydrogen-bond acceptors (Lipinski definition) is 5. The molecule has 3 amide bonds. The molecule has 0 fully saturated rings. The number of thiazole rings is 1. The molecule has 0 radical (unpaired) electrons. The Labute approximate surface area is 102 Å². The summed E-state index contributed by atoms with van der Waals surface area (Å²) in [5.41, 5.74) is 0.936. The van der Waals surface area contributed by atoms with Gasteiger partial charge in [-0.1, -0.05) is 11.8 Å². The van der Waals surface area contributed by atoms with E-state index in [2.05, 4.69) is 15.6 Å². The lowest BCUT2D eigenvalue weighted by Gasteiger charge is -2.08. The summed E-state index contributed by atoms with van der Waals surface area (Å²) in [5, 5.41) is 6.13. The Hall–Kier alpha value is -1.08. The lowest BCUT2D eigenvalue weighted by atomic mass is 10.4. The maximum Gasteiger partial charge on any atom is 0.321 e. The van der Waals surface area contributed by atoms with Crippen LogP contribution in [0.4, 0.5) is 4.79 Å². The van der Waals surface area contributed by atoms with Gasteiger partial charge in [-0.05, 0) is 13.8 Å². The third kappa shape index (κ3) is 3.82. The average molecular weight is 259 g/mol. The molecule has 0 aliphatic carbocycles. The Kier molecular flexibility index (Phi) is 4.75. The first-order valence-electron chi connectivity index (χ1n) is 4.64. The van der Waals surface area contributed by atoms with E-state index in [0.29, 0.717) is 0 Å². The fraction of sp³-hybridized carbons (Fsp3) is 0.444. The number of thioether (sulfide) groups is 1. The second-order valence-corrected chi connectivity index (χ2v) is 5.53. The second-order valence-electron chi connectivity index (χ2n) is 3.08. The van der Waals surface area contributed by atoms with Crippen molar-refractivity contribution < 1.29 is 9.59 Å². The molecule has 0 saturated carbocycles. The molecule has 1 aromatic heterocycles. The van der Waals surface area contributed by atoms with Gasteiger partial charge < -0.3 is 5.32 Å². The van der Waals surface area contributed by atoms with E-state index in [-0.39, 0.29) is 11.2 Å². The van der Waals surface area contributed by atoms with Crippen LogP contribution in [0.1, 0.15) is 12.6 Å². The van der Waals surface area contributed by atoms with Crippen LogP contribution in [-0.4, -0.2) is 29.2 Å². The number of aryl methyl sites for hydroxylation is 1. The molecule has 16 heavy (non-hydrogen) atoms. The molecule has 5 nitrogen and oxygen atoms in total. The molecule has 1 rings (SSSR count). The number of imide groups is 1. The molecule has 0 aliphatic rings. The van der Waals surface area contributed by atoms with E-state index in [1.165, 1.54) is 30.1 Å². The molecule has 1 heterocycles. The monoisotopic (exact) mass is 259 g/mol. The van der Waals surface area contributed by atoms with Gasteiger partial charge in [-0.15, -0.1) is 11.3 Å². The number of carbonyl (C=O) groups excluding carboxylic acids is 2. The molecule has 0 spiro atoms. The van der Waals surface area contributed by atoms with Crippen molar-refractivity contribution in [2.75, 3.05) is 7.05 Å². The summed E-state index contributed by atoms with van der Waals surface area (Å²) in [7, 11) is 1.46. The van der Waals surface area contributed by atoms with E-state index >= 15 is 0 Å². The van der Waals surface area contributed by atoms with Crippen LogP contribution < -0.4 is 10.6 Å². The Balaban J connectivity index is 2.48. The van der Waals surface area contributed by atoms with Gasteiger partial charge in [0.05, 0.1) is 5.25 Å². The van der Waals surface area contributed by atoms with Gasteiger partial charge in [-0.3, -0.25) is 10.1 Å². The van der Waals surface area contributed by atoms with E-state index in [9.17, 15) is 9.59 Å². The zero-order valence-corrected chi connectivity index (χ0v) is 10.9. The van der Waals surface area contributed by atoms with Crippen molar-refractivity contribution in [2.24, 2.45) is 0 Å². The summed E-state index contributed by atoms with van der Waals surface area (Å²) in [6, 6.07) is -0.493. The molecule has 1 aromatic rings. The zero-order valence-electron chi connectivity index (χ0n) is 9.23. The van der Waals surface area contributed by atoms with E-state index in [1.54, 1.807) is 6.92 Å². The molecule has 0 saturated heterocycles. The summed E-state index contributed by atoms with van der Waals surface area (Å²) in [5.74, 6) is -0.322. The summed E-state index contributed by atoms with van der Waals surface area (Å²) in [6.45, 7) is 3.63. The molecule has 1 atom stereocenters. The zero-order chi connectivity index (χ0) is 12.1. The highest BCUT2D eigenvalue weighted by atomic mass is 32.2. The SMILES string of the molecule is CNC(=O)NC(=O)C(C)Sc1nc(C)cs1. The van der Waals surface area contributed by atoms with Crippen molar-refractivity contribution in [3.8, 4) is 0 Å². The number of nitrogens with one attached hydrogen (secondary N) is 2. The minimum Gasteiger partial charge on any atom is -0.341 e. The number of rotatable bonds is 3. The maximum absolute atomic E-state index is 11.5. The number of hydrogen-bond donors (Lipinski definition) is 2. The predicted octanol–water partition coefficient (Wildman–Crippen LogP) is 1.39. The van der Waals surface area contributed by atoms with Crippen molar-refractivity contribution in [1.29, 1.82) is 0 Å². The minimum atomic E-state index is -0.493. The Morgan fingerprint density at radius 2 is 2.25 bits per heavy atom. The average Bonchev–Trinajstić information content (AvgIpc) is 2.63. The third-order valence-corrected chi connectivity index (χ3v) is 3.90. The first-order chi connectivity index (χ1) is 7.52. The molecule has 7 heteroatoms. The molecule has 0 aromatic carbocycles. The van der Waals surface area contributed by atoms with Crippen molar-refractivity contribution in [3.63, 3.8) is 0 Å². The van der Waals surface area contributed by atoms with Crippen molar-refractivity contribution in [3.05, 3.63) is 11.1 Å². The van der Waals surface area contributed by atoms with E-state index < -0.39 is 6.03 Å². The number of nitrogens with zero attached hydrogens (tertiary/aromatic N) is 1. The van der Waals surface area contributed by atoms with Gasteiger partial charge in [-0.2, -0.15) is 0 Å². The normalized spacial score (nSPS) is 11.9. The van der Waals surface area contributed by atoms with Crippen molar-refractivity contribution in [1.82, 2.24) is 15.6 Å². The smallest absolute Gasteiger partial charge is 0.321 e. The largest absolute Gasteiger partial charge is 0.341 e. The molecular formula is C9H13N3O2S2. The topological polar surface area (TPSA) is 71.1 Å². The fourth-order valence-corrected chi connectivity index (χ4v) is 2.85. The predicted molar refractivity (Wildman–Crippen MR) is 64.8 cm³/mol. The van der Waals surface area contributed by atoms with Gasteiger partial charge in [-0.25, -0.2) is 9.78 Å². The summed E-state index contributed by atoms with van der Waals surface area (Å²) in [4.78, 5) is 26.7. The van der Waals surface area contributed by atoms with Crippen LogP contribution in [0.15, 0.2) is 9.72 Å². The second kappa shape index (κ2) is 5.86.